The fourth-order valence-corrected chi connectivity index (χ4v) is 3.26. The number of rotatable bonds is 3. The Balaban J connectivity index is 2.14. The number of carbonyl (C=O) groups excluding carboxylic acids is 1. The third kappa shape index (κ3) is 3.16. The molecular formula is C20H22N4O3. The van der Waals surface area contributed by atoms with Crippen LogP contribution in [0.15, 0.2) is 39.9 Å². The summed E-state index contributed by atoms with van der Waals surface area (Å²) in [6, 6.07) is 9.01. The van der Waals surface area contributed by atoms with E-state index in [9.17, 15) is 14.4 Å². The van der Waals surface area contributed by atoms with Crippen molar-refractivity contribution in [3.8, 4) is 0 Å². The Bertz CT molecular complexity index is 1150. The number of nitrogens with zero attached hydrogens (tertiary/aromatic N) is 4. The molecule has 0 atom stereocenters. The molecule has 1 aromatic carbocycles. The average Bonchev–Trinajstić information content (AvgIpc) is 2.64. The first-order valence-corrected chi connectivity index (χ1v) is 8.71. The summed E-state index contributed by atoms with van der Waals surface area (Å²) in [4.78, 5) is 43.5. The van der Waals surface area contributed by atoms with Crippen LogP contribution in [0.5, 0.6) is 0 Å². The van der Waals surface area contributed by atoms with Crippen LogP contribution in [0.4, 0.5) is 5.69 Å². The van der Waals surface area contributed by atoms with Crippen molar-refractivity contribution in [3.63, 3.8) is 0 Å². The molecule has 140 valence electrons. The molecule has 0 radical (unpaired) electrons. The first kappa shape index (κ1) is 18.6. The average molecular weight is 366 g/mol. The van der Waals surface area contributed by atoms with Gasteiger partial charge in [0.05, 0.1) is 5.39 Å². The van der Waals surface area contributed by atoms with E-state index in [0.29, 0.717) is 11.9 Å². The second kappa shape index (κ2) is 6.83. The third-order valence-electron chi connectivity index (χ3n) is 4.60. The van der Waals surface area contributed by atoms with Crippen LogP contribution in [0.1, 0.15) is 28.5 Å². The van der Waals surface area contributed by atoms with E-state index in [1.54, 1.807) is 11.0 Å². The molecule has 3 rings (SSSR count). The molecule has 0 aliphatic rings. The lowest BCUT2D eigenvalue weighted by atomic mass is 10.1. The zero-order chi connectivity index (χ0) is 19.9. The summed E-state index contributed by atoms with van der Waals surface area (Å²) in [5.74, 6) is -0.280. The van der Waals surface area contributed by atoms with E-state index in [0.717, 1.165) is 21.4 Å². The number of fused-ring (bicyclic) bond motifs is 1. The number of aryl methyl sites for hydroxylation is 3. The Morgan fingerprint density at radius 2 is 1.67 bits per heavy atom. The third-order valence-corrected chi connectivity index (χ3v) is 4.60. The van der Waals surface area contributed by atoms with E-state index in [1.807, 2.05) is 39.0 Å². The maximum Gasteiger partial charge on any atom is 0.332 e. The van der Waals surface area contributed by atoms with Crippen LogP contribution >= 0.6 is 0 Å². The molecule has 27 heavy (non-hydrogen) atoms. The predicted octanol–water partition coefficient (Wildman–Crippen LogP) is 1.92. The van der Waals surface area contributed by atoms with Crippen molar-refractivity contribution >= 4 is 22.6 Å². The Labute approximate surface area is 156 Å². The fourth-order valence-electron chi connectivity index (χ4n) is 3.26. The van der Waals surface area contributed by atoms with Gasteiger partial charge in [0.25, 0.3) is 11.5 Å². The summed E-state index contributed by atoms with van der Waals surface area (Å²) in [7, 11) is 2.95. The van der Waals surface area contributed by atoms with Crippen LogP contribution in [0.2, 0.25) is 0 Å². The van der Waals surface area contributed by atoms with Crippen molar-refractivity contribution in [2.75, 3.05) is 11.4 Å². The molecule has 2 heterocycles. The Morgan fingerprint density at radius 1 is 1.04 bits per heavy atom. The summed E-state index contributed by atoms with van der Waals surface area (Å²) in [5, 5.41) is 0.297. The van der Waals surface area contributed by atoms with E-state index in [-0.39, 0.29) is 17.2 Å². The first-order chi connectivity index (χ1) is 12.7. The first-order valence-electron chi connectivity index (χ1n) is 8.71. The van der Waals surface area contributed by atoms with Gasteiger partial charge in [-0.2, -0.15) is 0 Å². The summed E-state index contributed by atoms with van der Waals surface area (Å²) >= 11 is 0. The summed E-state index contributed by atoms with van der Waals surface area (Å²) in [6.07, 6.45) is 0. The zero-order valence-corrected chi connectivity index (χ0v) is 16.1. The molecule has 7 nitrogen and oxygen atoms in total. The molecule has 0 N–H and O–H groups in total. The molecule has 0 unspecified atom stereocenters. The lowest BCUT2D eigenvalue weighted by molar-refractivity contribution is 0.0984. The molecule has 2 aromatic heterocycles. The molecule has 0 aliphatic carbocycles. The smallest absolute Gasteiger partial charge is 0.307 e. The van der Waals surface area contributed by atoms with E-state index < -0.39 is 11.2 Å². The lowest BCUT2D eigenvalue weighted by Gasteiger charge is -2.22. The van der Waals surface area contributed by atoms with E-state index in [1.165, 1.54) is 24.7 Å². The number of benzene rings is 1. The minimum Gasteiger partial charge on any atom is -0.307 e. The van der Waals surface area contributed by atoms with Gasteiger partial charge in [0.2, 0.25) is 0 Å². The van der Waals surface area contributed by atoms with Gasteiger partial charge in [0.15, 0.2) is 0 Å². The number of aromatic nitrogens is 3. The molecule has 0 saturated carbocycles. The second-order valence-corrected chi connectivity index (χ2v) is 6.67. The normalized spacial score (nSPS) is 11.0. The van der Waals surface area contributed by atoms with Crippen molar-refractivity contribution in [2.24, 2.45) is 14.1 Å². The van der Waals surface area contributed by atoms with Gasteiger partial charge in [-0.1, -0.05) is 6.07 Å². The monoisotopic (exact) mass is 366 g/mol. The highest BCUT2D eigenvalue weighted by molar-refractivity contribution is 6.05. The standard InChI is InChI=1S/C20H22N4O3/c1-6-24(14-10-12(2)9-13(3)11-14)19(26)16-8-7-15-17(21-16)22(4)20(27)23(5)18(15)25/h7-11H,6H2,1-5H3. The molecule has 0 bridgehead atoms. The fraction of sp³-hybridized carbons (Fsp3) is 0.300. The summed E-state index contributed by atoms with van der Waals surface area (Å²) in [6.45, 7) is 6.32. The number of hydrogen-bond donors (Lipinski definition) is 0. The molecule has 7 heteroatoms. The van der Waals surface area contributed by atoms with Gasteiger partial charge in [0.1, 0.15) is 11.3 Å². The largest absolute Gasteiger partial charge is 0.332 e. The minimum atomic E-state index is -0.480. The van der Waals surface area contributed by atoms with Gasteiger partial charge in [-0.3, -0.25) is 18.7 Å². The highest BCUT2D eigenvalue weighted by atomic mass is 16.2. The van der Waals surface area contributed by atoms with Gasteiger partial charge >= 0.3 is 5.69 Å². The number of carbonyl (C=O) groups is 1. The van der Waals surface area contributed by atoms with Gasteiger partial charge < -0.3 is 4.90 Å². The lowest BCUT2D eigenvalue weighted by Crippen LogP contribution is -2.38. The van der Waals surface area contributed by atoms with Crippen molar-refractivity contribution in [3.05, 3.63) is 68.0 Å². The van der Waals surface area contributed by atoms with Crippen LogP contribution in [0.3, 0.4) is 0 Å². The molecule has 0 aliphatic heterocycles. The summed E-state index contributed by atoms with van der Waals surface area (Å²) in [5.41, 5.74) is 2.40. The predicted molar refractivity (Wildman–Crippen MR) is 105 cm³/mol. The van der Waals surface area contributed by atoms with Gasteiger partial charge in [-0.15, -0.1) is 0 Å². The maximum atomic E-state index is 13.1. The number of pyridine rings is 1. The van der Waals surface area contributed by atoms with Crippen LogP contribution < -0.4 is 16.1 Å². The Kier molecular flexibility index (Phi) is 4.70. The van der Waals surface area contributed by atoms with Gasteiger partial charge in [-0.25, -0.2) is 9.78 Å². The van der Waals surface area contributed by atoms with Crippen LogP contribution in [-0.4, -0.2) is 26.6 Å². The highest BCUT2D eigenvalue weighted by Crippen LogP contribution is 2.21. The van der Waals surface area contributed by atoms with Gasteiger partial charge in [-0.05, 0) is 56.2 Å². The molecule has 1 amide bonds. The van der Waals surface area contributed by atoms with Crippen molar-refractivity contribution < 1.29 is 4.79 Å². The molecule has 3 aromatic rings. The second-order valence-electron chi connectivity index (χ2n) is 6.67. The van der Waals surface area contributed by atoms with Crippen LogP contribution in [0, 0.1) is 13.8 Å². The van der Waals surface area contributed by atoms with E-state index in [4.69, 9.17) is 0 Å². The zero-order valence-electron chi connectivity index (χ0n) is 16.1. The molecule has 0 fully saturated rings. The topological polar surface area (TPSA) is 77.2 Å². The highest BCUT2D eigenvalue weighted by Gasteiger charge is 2.20. The number of hydrogen-bond acceptors (Lipinski definition) is 4. The van der Waals surface area contributed by atoms with Crippen molar-refractivity contribution in [1.29, 1.82) is 0 Å². The number of anilines is 1. The van der Waals surface area contributed by atoms with Crippen LogP contribution in [0.25, 0.3) is 11.0 Å². The SMILES string of the molecule is CCN(C(=O)c1ccc2c(=O)n(C)c(=O)n(C)c2n1)c1cc(C)cc(C)c1. The van der Waals surface area contributed by atoms with E-state index in [2.05, 4.69) is 4.98 Å². The number of amides is 1. The maximum absolute atomic E-state index is 13.1. The Hall–Kier alpha value is -3.22. The quantitative estimate of drug-likeness (QED) is 0.709. The summed E-state index contributed by atoms with van der Waals surface area (Å²) < 4.78 is 2.31. The van der Waals surface area contributed by atoms with Gasteiger partial charge in [0, 0.05) is 26.3 Å². The van der Waals surface area contributed by atoms with Crippen molar-refractivity contribution in [2.45, 2.75) is 20.8 Å². The van der Waals surface area contributed by atoms with E-state index >= 15 is 0 Å². The Morgan fingerprint density at radius 3 is 2.26 bits per heavy atom. The van der Waals surface area contributed by atoms with Crippen molar-refractivity contribution in [1.82, 2.24) is 14.1 Å². The minimum absolute atomic E-state index is 0.187. The molecule has 0 saturated heterocycles. The van der Waals surface area contributed by atoms with Crippen LogP contribution in [-0.2, 0) is 14.1 Å². The molecular weight excluding hydrogens is 344 g/mol. The molecule has 0 spiro atoms.